The fraction of sp³-hybridized carbons (Fsp3) is 0.444. The van der Waals surface area contributed by atoms with Crippen molar-refractivity contribution in [1.82, 2.24) is 9.55 Å². The molecule has 16 heavy (non-hydrogen) atoms. The van der Waals surface area contributed by atoms with Gasteiger partial charge in [-0.25, -0.2) is 14.3 Å². The minimum absolute atomic E-state index is 0.0712. The predicted molar refractivity (Wildman–Crippen MR) is 54.0 cm³/mol. The number of imidazole rings is 1. The van der Waals surface area contributed by atoms with Crippen molar-refractivity contribution in [3.8, 4) is 0 Å². The van der Waals surface area contributed by atoms with Gasteiger partial charge in [-0.2, -0.15) is 0 Å². The third-order valence-corrected chi connectivity index (χ3v) is 1.86. The summed E-state index contributed by atoms with van der Waals surface area (Å²) in [4.78, 5) is 25.6. The van der Waals surface area contributed by atoms with Crippen LogP contribution in [0.15, 0.2) is 12.5 Å². The molecule has 0 aliphatic rings. The van der Waals surface area contributed by atoms with Crippen LogP contribution in [0.4, 0.5) is 4.79 Å². The van der Waals surface area contributed by atoms with Crippen LogP contribution >= 0.6 is 0 Å². The predicted octanol–water partition coefficient (Wildman–Crippen LogP) is -0.158. The minimum atomic E-state index is -1.11. The Morgan fingerprint density at radius 1 is 1.69 bits per heavy atom. The Morgan fingerprint density at radius 3 is 2.94 bits per heavy atom. The molecule has 0 fully saturated rings. The van der Waals surface area contributed by atoms with Gasteiger partial charge in [0.2, 0.25) is 0 Å². The van der Waals surface area contributed by atoms with Crippen LogP contribution in [0, 0.1) is 0 Å². The second-order valence-electron chi connectivity index (χ2n) is 3.12. The van der Waals surface area contributed by atoms with Gasteiger partial charge in [-0.05, 0) is 6.92 Å². The molecule has 1 atom stereocenters. The van der Waals surface area contributed by atoms with E-state index < -0.39 is 18.1 Å². The normalized spacial score (nSPS) is 12.1. The maximum absolute atomic E-state index is 11.2. The molecule has 1 rings (SSSR count). The molecule has 0 spiro atoms. The second-order valence-corrected chi connectivity index (χ2v) is 3.12. The van der Waals surface area contributed by atoms with Crippen molar-refractivity contribution >= 4 is 12.1 Å². The number of carbonyl (C=O) groups is 2. The zero-order chi connectivity index (χ0) is 12.1. The number of carboxylic acid groups (broad SMARTS) is 1. The lowest BCUT2D eigenvalue weighted by Gasteiger charge is -2.02. The van der Waals surface area contributed by atoms with E-state index in [0.29, 0.717) is 5.69 Å². The highest BCUT2D eigenvalue weighted by Crippen LogP contribution is 2.01. The Balaban J connectivity index is 2.64. The van der Waals surface area contributed by atoms with Gasteiger partial charge < -0.3 is 15.6 Å². The lowest BCUT2D eigenvalue weighted by molar-refractivity contribution is -0.138. The number of ether oxygens (including phenoxy) is 1. The monoisotopic (exact) mass is 227 g/mol. The lowest BCUT2D eigenvalue weighted by Crippen LogP contribution is -2.32. The molecule has 3 N–H and O–H groups in total. The number of nitrogens with two attached hydrogens (primary N) is 1. The molecule has 0 radical (unpaired) electrons. The van der Waals surface area contributed by atoms with E-state index in [1.54, 1.807) is 6.92 Å². The highest BCUT2D eigenvalue weighted by molar-refractivity contribution is 5.73. The van der Waals surface area contributed by atoms with Crippen molar-refractivity contribution in [3.05, 3.63) is 18.2 Å². The first-order chi connectivity index (χ1) is 7.54. The van der Waals surface area contributed by atoms with Crippen LogP contribution in [-0.4, -0.2) is 39.4 Å². The largest absolute Gasteiger partial charge is 0.480 e. The Morgan fingerprint density at radius 2 is 2.38 bits per heavy atom. The number of carboxylic acids is 1. The van der Waals surface area contributed by atoms with Crippen LogP contribution in [0.2, 0.25) is 0 Å². The lowest BCUT2D eigenvalue weighted by atomic mass is 10.2. The molecule has 0 saturated heterocycles. The number of hydrogen-bond donors (Lipinski definition) is 2. The molecule has 0 bridgehead atoms. The highest BCUT2D eigenvalue weighted by Gasteiger charge is 2.15. The fourth-order valence-corrected chi connectivity index (χ4v) is 1.08. The summed E-state index contributed by atoms with van der Waals surface area (Å²) in [5, 5.41) is 8.59. The molecule has 1 aromatic heterocycles. The molecular formula is C9H13N3O4. The Labute approximate surface area is 91.8 Å². The first kappa shape index (κ1) is 12.2. The number of rotatable bonds is 4. The van der Waals surface area contributed by atoms with Crippen LogP contribution in [0.1, 0.15) is 12.6 Å². The molecule has 1 heterocycles. The summed E-state index contributed by atoms with van der Waals surface area (Å²) in [7, 11) is 0. The van der Waals surface area contributed by atoms with Crippen LogP contribution in [0.3, 0.4) is 0 Å². The molecule has 88 valence electrons. The van der Waals surface area contributed by atoms with Gasteiger partial charge in [0.15, 0.2) is 0 Å². The molecule has 0 aliphatic carbocycles. The number of nitrogens with zero attached hydrogens (tertiary/aromatic N) is 2. The molecular weight excluding hydrogens is 214 g/mol. The maximum atomic E-state index is 11.2. The summed E-state index contributed by atoms with van der Waals surface area (Å²) >= 11 is 0. The van der Waals surface area contributed by atoms with Crippen molar-refractivity contribution in [3.63, 3.8) is 0 Å². The zero-order valence-corrected chi connectivity index (χ0v) is 8.79. The minimum Gasteiger partial charge on any atom is -0.480 e. The number of aliphatic carboxylic acids is 1. The van der Waals surface area contributed by atoms with Crippen molar-refractivity contribution in [1.29, 1.82) is 0 Å². The third-order valence-electron chi connectivity index (χ3n) is 1.86. The van der Waals surface area contributed by atoms with Gasteiger partial charge in [-0.3, -0.25) is 4.79 Å². The average Bonchev–Trinajstić information content (AvgIpc) is 2.66. The van der Waals surface area contributed by atoms with E-state index in [9.17, 15) is 9.59 Å². The van der Waals surface area contributed by atoms with Gasteiger partial charge in [0.25, 0.3) is 0 Å². The van der Waals surface area contributed by atoms with Gasteiger partial charge >= 0.3 is 12.1 Å². The van der Waals surface area contributed by atoms with E-state index in [1.807, 2.05) is 0 Å². The average molecular weight is 227 g/mol. The van der Waals surface area contributed by atoms with E-state index >= 15 is 0 Å². The summed E-state index contributed by atoms with van der Waals surface area (Å²) in [6.45, 7) is 1.96. The van der Waals surface area contributed by atoms with Gasteiger partial charge in [0, 0.05) is 12.6 Å². The molecule has 0 aliphatic heterocycles. The van der Waals surface area contributed by atoms with Gasteiger partial charge in [-0.15, -0.1) is 0 Å². The fourth-order valence-electron chi connectivity index (χ4n) is 1.08. The summed E-state index contributed by atoms with van der Waals surface area (Å²) in [5.74, 6) is -1.11. The first-order valence-electron chi connectivity index (χ1n) is 4.73. The Kier molecular flexibility index (Phi) is 4.01. The molecule has 0 aromatic carbocycles. The molecule has 0 saturated carbocycles. The zero-order valence-electron chi connectivity index (χ0n) is 8.79. The van der Waals surface area contributed by atoms with Crippen molar-refractivity contribution in [2.24, 2.45) is 5.73 Å². The molecule has 1 aromatic rings. The van der Waals surface area contributed by atoms with Crippen LogP contribution in [0.25, 0.3) is 0 Å². The topological polar surface area (TPSA) is 107 Å². The maximum Gasteiger partial charge on any atom is 0.419 e. The quantitative estimate of drug-likeness (QED) is 0.740. The SMILES string of the molecule is CCOC(=O)n1cnc(CC(N)C(=O)O)c1. The van der Waals surface area contributed by atoms with E-state index in [1.165, 1.54) is 12.5 Å². The number of aromatic nitrogens is 2. The number of carbonyl (C=O) groups excluding carboxylic acids is 1. The summed E-state index contributed by atoms with van der Waals surface area (Å²) in [6, 6.07) is -1.02. The van der Waals surface area contributed by atoms with E-state index in [0.717, 1.165) is 4.57 Å². The summed E-state index contributed by atoms with van der Waals surface area (Å²) in [5.41, 5.74) is 5.76. The van der Waals surface area contributed by atoms with Crippen molar-refractivity contribution in [2.75, 3.05) is 6.61 Å². The van der Waals surface area contributed by atoms with Gasteiger partial charge in [0.1, 0.15) is 12.4 Å². The first-order valence-corrected chi connectivity index (χ1v) is 4.73. The molecule has 7 nitrogen and oxygen atoms in total. The van der Waals surface area contributed by atoms with E-state index in [-0.39, 0.29) is 13.0 Å². The van der Waals surface area contributed by atoms with Crippen molar-refractivity contribution in [2.45, 2.75) is 19.4 Å². The molecule has 1 unspecified atom stereocenters. The van der Waals surface area contributed by atoms with Crippen LogP contribution in [0.5, 0.6) is 0 Å². The third kappa shape index (κ3) is 3.06. The molecule has 7 heteroatoms. The van der Waals surface area contributed by atoms with E-state index in [2.05, 4.69) is 4.98 Å². The second kappa shape index (κ2) is 5.26. The van der Waals surface area contributed by atoms with Crippen LogP contribution in [-0.2, 0) is 16.0 Å². The van der Waals surface area contributed by atoms with Gasteiger partial charge in [-0.1, -0.05) is 0 Å². The van der Waals surface area contributed by atoms with Crippen LogP contribution < -0.4 is 5.73 Å². The summed E-state index contributed by atoms with van der Waals surface area (Å²) in [6.07, 6.45) is 2.19. The standard InChI is InChI=1S/C9H13N3O4/c1-2-16-9(15)12-4-6(11-5-12)3-7(10)8(13)14/h4-5,7H,2-3,10H2,1H3,(H,13,14). The Bertz CT molecular complexity index is 388. The smallest absolute Gasteiger partial charge is 0.419 e. The Hall–Kier alpha value is -1.89. The molecule has 0 amide bonds. The number of hydrogen-bond acceptors (Lipinski definition) is 5. The van der Waals surface area contributed by atoms with Gasteiger partial charge in [0.05, 0.1) is 12.3 Å². The van der Waals surface area contributed by atoms with Crippen molar-refractivity contribution < 1.29 is 19.4 Å². The summed E-state index contributed by atoms with van der Waals surface area (Å²) < 4.78 is 5.88. The highest BCUT2D eigenvalue weighted by atomic mass is 16.5. The van der Waals surface area contributed by atoms with E-state index in [4.69, 9.17) is 15.6 Å².